The van der Waals surface area contributed by atoms with E-state index >= 15 is 0 Å². The Bertz CT molecular complexity index is 1120. The van der Waals surface area contributed by atoms with E-state index in [4.69, 9.17) is 23.8 Å². The largest absolute Gasteiger partial charge is 0.312 e. The van der Waals surface area contributed by atoms with Crippen molar-refractivity contribution >= 4 is 62.7 Å². The highest BCUT2D eigenvalue weighted by Crippen LogP contribution is 2.29. The minimum absolute atomic E-state index is 0.221. The van der Waals surface area contributed by atoms with Crippen molar-refractivity contribution in [3.05, 3.63) is 65.2 Å². The molecule has 2 aromatic carbocycles. The van der Waals surface area contributed by atoms with E-state index in [0.717, 1.165) is 28.4 Å². The summed E-state index contributed by atoms with van der Waals surface area (Å²) < 4.78 is 0. The summed E-state index contributed by atoms with van der Waals surface area (Å²) >= 11 is 13.2. The average Bonchev–Trinajstić information content (AvgIpc) is 3.20. The molecule has 140 valence electrons. The molecule has 8 heteroatoms. The van der Waals surface area contributed by atoms with E-state index in [9.17, 15) is 4.79 Å². The summed E-state index contributed by atoms with van der Waals surface area (Å²) in [7, 11) is 0. The fraction of sp³-hybridized carbons (Fsp3) is 0.100. The van der Waals surface area contributed by atoms with E-state index < -0.39 is 0 Å². The van der Waals surface area contributed by atoms with Crippen LogP contribution in [0.3, 0.4) is 0 Å². The lowest BCUT2D eigenvalue weighted by molar-refractivity contribution is 0.0978. The minimum atomic E-state index is -0.312. The predicted molar refractivity (Wildman–Crippen MR) is 120 cm³/mol. The number of thiocarbonyl (C=S) groups is 1. The molecule has 0 aliphatic carbocycles. The average molecular weight is 427 g/mol. The van der Waals surface area contributed by atoms with Crippen LogP contribution >= 0.6 is 35.6 Å². The summed E-state index contributed by atoms with van der Waals surface area (Å²) in [5, 5.41) is 7.95. The summed E-state index contributed by atoms with van der Waals surface area (Å²) in [5.74, 6) is 0.600. The first-order valence-corrected chi connectivity index (χ1v) is 10.3. The Labute approximate surface area is 176 Å². The number of halogens is 1. The van der Waals surface area contributed by atoms with Gasteiger partial charge in [-0.05, 0) is 30.4 Å². The van der Waals surface area contributed by atoms with Crippen LogP contribution < -0.4 is 10.6 Å². The molecule has 1 aliphatic heterocycles. The Hall–Kier alpha value is -2.48. The van der Waals surface area contributed by atoms with Gasteiger partial charge in [0.15, 0.2) is 10.3 Å². The van der Waals surface area contributed by atoms with E-state index in [0.29, 0.717) is 21.8 Å². The number of carbonyl (C=O) groups excluding carboxylic acids is 1. The number of amidine groups is 1. The van der Waals surface area contributed by atoms with E-state index in [2.05, 4.69) is 20.6 Å². The van der Waals surface area contributed by atoms with Crippen LogP contribution in [0.4, 0.5) is 0 Å². The number of benzene rings is 2. The molecular weight excluding hydrogens is 412 g/mol. The Morgan fingerprint density at radius 2 is 1.93 bits per heavy atom. The van der Waals surface area contributed by atoms with Gasteiger partial charge in [-0.3, -0.25) is 15.1 Å². The third kappa shape index (κ3) is 4.01. The topological polar surface area (TPSA) is 66.4 Å². The molecule has 1 amide bonds. The Balaban J connectivity index is 1.70. The Morgan fingerprint density at radius 3 is 2.71 bits per heavy atom. The minimum Gasteiger partial charge on any atom is -0.312 e. The number of rotatable bonds is 2. The normalized spacial score (nSPS) is 13.2. The molecule has 2 heterocycles. The molecule has 0 atom stereocenters. The number of pyridine rings is 1. The summed E-state index contributed by atoms with van der Waals surface area (Å²) in [4.78, 5) is 21.9. The number of nitrogens with one attached hydrogen (secondary N) is 2. The van der Waals surface area contributed by atoms with Crippen LogP contribution in [0.25, 0.3) is 22.2 Å². The number of carbonyl (C=O) groups is 1. The van der Waals surface area contributed by atoms with Crippen molar-refractivity contribution in [2.24, 2.45) is 4.99 Å². The molecule has 0 radical (unpaired) electrons. The van der Waals surface area contributed by atoms with E-state index in [1.807, 2.05) is 42.5 Å². The highest BCUT2D eigenvalue weighted by atomic mass is 35.5. The molecule has 4 rings (SSSR count). The van der Waals surface area contributed by atoms with Gasteiger partial charge in [-0.1, -0.05) is 59.8 Å². The number of hydrogen-bond acceptors (Lipinski definition) is 5. The molecular formula is C20H15ClN4OS2. The molecule has 0 spiro atoms. The first-order valence-electron chi connectivity index (χ1n) is 8.56. The van der Waals surface area contributed by atoms with Gasteiger partial charge in [0.05, 0.1) is 23.3 Å². The van der Waals surface area contributed by atoms with Crippen LogP contribution in [-0.4, -0.2) is 33.5 Å². The SMILES string of the molecule is O=C(NC(=S)NC1=NCCS1)c1cc(-c2ccccc2Cl)nc2ccccc12. The molecule has 3 aromatic rings. The van der Waals surface area contributed by atoms with Crippen molar-refractivity contribution < 1.29 is 4.79 Å². The number of para-hydroxylation sites is 1. The Morgan fingerprint density at radius 1 is 1.14 bits per heavy atom. The van der Waals surface area contributed by atoms with Crippen LogP contribution in [0.5, 0.6) is 0 Å². The summed E-state index contributed by atoms with van der Waals surface area (Å²) in [6, 6.07) is 16.6. The predicted octanol–water partition coefficient (Wildman–Crippen LogP) is 4.26. The van der Waals surface area contributed by atoms with Gasteiger partial charge in [0, 0.05) is 21.7 Å². The summed E-state index contributed by atoms with van der Waals surface area (Å²) in [6.07, 6.45) is 0. The molecule has 1 aromatic heterocycles. The molecule has 1 aliphatic rings. The molecule has 0 fully saturated rings. The first kappa shape index (κ1) is 18.9. The number of amides is 1. The van der Waals surface area contributed by atoms with Crippen molar-refractivity contribution in [3.8, 4) is 11.3 Å². The lowest BCUT2D eigenvalue weighted by Gasteiger charge is -2.12. The molecule has 28 heavy (non-hydrogen) atoms. The maximum Gasteiger partial charge on any atom is 0.258 e. The smallest absolute Gasteiger partial charge is 0.258 e. The Kier molecular flexibility index (Phi) is 5.57. The summed E-state index contributed by atoms with van der Waals surface area (Å²) in [6.45, 7) is 0.750. The maximum atomic E-state index is 13.0. The number of aromatic nitrogens is 1. The van der Waals surface area contributed by atoms with Crippen LogP contribution in [-0.2, 0) is 0 Å². The third-order valence-electron chi connectivity index (χ3n) is 4.14. The van der Waals surface area contributed by atoms with Crippen molar-refractivity contribution in [1.29, 1.82) is 0 Å². The van der Waals surface area contributed by atoms with Crippen molar-refractivity contribution in [1.82, 2.24) is 15.6 Å². The number of hydrogen-bond donors (Lipinski definition) is 2. The van der Waals surface area contributed by atoms with Gasteiger partial charge in [-0.25, -0.2) is 4.98 Å². The zero-order valence-corrected chi connectivity index (χ0v) is 17.0. The maximum absolute atomic E-state index is 13.0. The standard InChI is InChI=1S/C20H15ClN4OS2/c21-15-7-3-1-6-13(15)17-11-14(12-5-2-4-8-16(12)23-17)18(26)24-19(27)25-20-22-9-10-28-20/h1-8,11H,9-10H2,(H2,22,24,25,26,27). The highest BCUT2D eigenvalue weighted by Gasteiger charge is 2.17. The number of thioether (sulfide) groups is 1. The fourth-order valence-corrected chi connectivity index (χ4v) is 4.10. The number of aliphatic imine (C=N–C) groups is 1. The second kappa shape index (κ2) is 8.26. The van der Waals surface area contributed by atoms with Gasteiger partial charge < -0.3 is 5.32 Å². The van der Waals surface area contributed by atoms with Gasteiger partial charge in [-0.15, -0.1) is 0 Å². The number of fused-ring (bicyclic) bond motifs is 1. The fourth-order valence-electron chi connectivity index (χ4n) is 2.88. The highest BCUT2D eigenvalue weighted by molar-refractivity contribution is 8.14. The monoisotopic (exact) mass is 426 g/mol. The molecule has 0 saturated carbocycles. The third-order valence-corrected chi connectivity index (χ3v) is 5.57. The van der Waals surface area contributed by atoms with Crippen LogP contribution in [0, 0.1) is 0 Å². The van der Waals surface area contributed by atoms with Crippen LogP contribution in [0.1, 0.15) is 10.4 Å². The quantitative estimate of drug-likeness (QED) is 0.599. The first-order chi connectivity index (χ1) is 13.6. The second-order valence-electron chi connectivity index (χ2n) is 6.00. The molecule has 5 nitrogen and oxygen atoms in total. The molecule has 0 bridgehead atoms. The molecule has 2 N–H and O–H groups in total. The zero-order valence-electron chi connectivity index (χ0n) is 14.6. The van der Waals surface area contributed by atoms with Crippen LogP contribution in [0.15, 0.2) is 59.6 Å². The van der Waals surface area contributed by atoms with E-state index in [1.165, 1.54) is 0 Å². The summed E-state index contributed by atoms with van der Waals surface area (Å²) in [5.41, 5.74) is 2.58. The van der Waals surface area contributed by atoms with Crippen molar-refractivity contribution in [2.45, 2.75) is 0 Å². The lowest BCUT2D eigenvalue weighted by Crippen LogP contribution is -2.41. The van der Waals surface area contributed by atoms with Gasteiger partial charge in [-0.2, -0.15) is 0 Å². The zero-order chi connectivity index (χ0) is 19.5. The molecule has 0 saturated heterocycles. The van der Waals surface area contributed by atoms with Crippen molar-refractivity contribution in [3.63, 3.8) is 0 Å². The van der Waals surface area contributed by atoms with E-state index in [-0.39, 0.29) is 11.0 Å². The van der Waals surface area contributed by atoms with Gasteiger partial charge in [0.2, 0.25) is 0 Å². The van der Waals surface area contributed by atoms with Gasteiger partial charge in [0.25, 0.3) is 5.91 Å². The van der Waals surface area contributed by atoms with Crippen molar-refractivity contribution in [2.75, 3.05) is 12.3 Å². The lowest BCUT2D eigenvalue weighted by atomic mass is 10.0. The van der Waals surface area contributed by atoms with E-state index in [1.54, 1.807) is 23.9 Å². The molecule has 0 unspecified atom stereocenters. The second-order valence-corrected chi connectivity index (χ2v) is 7.89. The number of nitrogens with zero attached hydrogens (tertiary/aromatic N) is 2. The van der Waals surface area contributed by atoms with Crippen LogP contribution in [0.2, 0.25) is 5.02 Å². The van der Waals surface area contributed by atoms with Gasteiger partial charge in [0.1, 0.15) is 0 Å². The van der Waals surface area contributed by atoms with Gasteiger partial charge >= 0.3 is 0 Å².